The number of aromatic nitrogens is 2. The van der Waals surface area contributed by atoms with E-state index in [0.717, 1.165) is 17.1 Å². The number of nitrogens with zero attached hydrogens (tertiary/aromatic N) is 2. The highest BCUT2D eigenvalue weighted by Gasteiger charge is 2.12. The lowest BCUT2D eigenvalue weighted by Crippen LogP contribution is -2.13. The molecule has 0 atom stereocenters. The number of esters is 1. The minimum absolute atomic E-state index is 0.0227. The van der Waals surface area contributed by atoms with Crippen molar-refractivity contribution in [1.29, 1.82) is 0 Å². The monoisotopic (exact) mass is 321 g/mol. The van der Waals surface area contributed by atoms with Crippen LogP contribution in [0.1, 0.15) is 18.3 Å². The van der Waals surface area contributed by atoms with Crippen LogP contribution in [0.5, 0.6) is 0 Å². The highest BCUT2D eigenvalue weighted by molar-refractivity contribution is 7.09. The second kappa shape index (κ2) is 8.08. The smallest absolute Gasteiger partial charge is 0.413 e. The molecule has 2 aromatic rings. The predicted octanol–water partition coefficient (Wildman–Crippen LogP) is 2.39. The molecule has 0 saturated heterocycles. The fourth-order valence-electron chi connectivity index (χ4n) is 1.56. The summed E-state index contributed by atoms with van der Waals surface area (Å²) in [5.74, 6) is -0.0969. The van der Waals surface area contributed by atoms with E-state index in [9.17, 15) is 9.59 Å². The molecular weight excluding hydrogens is 306 g/mol. The van der Waals surface area contributed by atoms with Gasteiger partial charge in [-0.05, 0) is 12.5 Å². The Bertz CT molecular complexity index is 630. The Hall–Kier alpha value is -2.48. The van der Waals surface area contributed by atoms with Crippen molar-refractivity contribution in [2.24, 2.45) is 0 Å². The van der Waals surface area contributed by atoms with Crippen molar-refractivity contribution in [3.63, 3.8) is 0 Å². The van der Waals surface area contributed by atoms with Gasteiger partial charge in [0.05, 0.1) is 6.61 Å². The predicted molar refractivity (Wildman–Crippen MR) is 80.5 cm³/mol. The van der Waals surface area contributed by atoms with Gasteiger partial charge in [-0.15, -0.1) is 0 Å². The number of carbonyl (C=O) groups is 2. The van der Waals surface area contributed by atoms with Crippen LogP contribution in [0.25, 0.3) is 0 Å². The highest BCUT2D eigenvalue weighted by atomic mass is 32.1. The molecule has 0 spiro atoms. The Balaban J connectivity index is 1.79. The molecule has 1 amide bonds. The second-order valence-electron chi connectivity index (χ2n) is 4.18. The number of carbonyl (C=O) groups excluding carboxylic acids is 2. The Morgan fingerprint density at radius 2 is 2.00 bits per heavy atom. The molecule has 22 heavy (non-hydrogen) atoms. The van der Waals surface area contributed by atoms with Gasteiger partial charge in [0.1, 0.15) is 13.0 Å². The summed E-state index contributed by atoms with van der Waals surface area (Å²) in [6.07, 6.45) is -0.645. The molecule has 0 saturated carbocycles. The number of hydrogen-bond acceptors (Lipinski definition) is 7. The van der Waals surface area contributed by atoms with E-state index in [4.69, 9.17) is 9.47 Å². The molecule has 0 unspecified atom stereocenters. The Morgan fingerprint density at radius 1 is 1.23 bits per heavy atom. The van der Waals surface area contributed by atoms with Crippen LogP contribution in [0.3, 0.4) is 0 Å². The summed E-state index contributed by atoms with van der Waals surface area (Å²) >= 11 is 0.979. The molecule has 0 fully saturated rings. The summed E-state index contributed by atoms with van der Waals surface area (Å²) in [5.41, 5.74) is 0.887. The molecule has 0 aliphatic carbocycles. The summed E-state index contributed by atoms with van der Waals surface area (Å²) in [4.78, 5) is 26.9. The van der Waals surface area contributed by atoms with E-state index >= 15 is 0 Å². The number of amides is 1. The fourth-order valence-corrected chi connectivity index (χ4v) is 2.14. The zero-order valence-electron chi connectivity index (χ0n) is 11.9. The van der Waals surface area contributed by atoms with Crippen LogP contribution in [0.15, 0.2) is 30.3 Å². The zero-order valence-corrected chi connectivity index (χ0v) is 12.8. The van der Waals surface area contributed by atoms with Gasteiger partial charge in [0.2, 0.25) is 5.13 Å². The van der Waals surface area contributed by atoms with E-state index in [1.807, 2.05) is 30.3 Å². The van der Waals surface area contributed by atoms with Crippen LogP contribution >= 0.6 is 11.5 Å². The molecule has 1 N–H and O–H groups in total. The van der Waals surface area contributed by atoms with Crippen molar-refractivity contribution in [2.45, 2.75) is 20.0 Å². The lowest BCUT2D eigenvalue weighted by molar-refractivity contribution is -0.142. The second-order valence-corrected chi connectivity index (χ2v) is 4.94. The lowest BCUT2D eigenvalue weighted by atomic mass is 10.2. The summed E-state index contributed by atoms with van der Waals surface area (Å²) in [6.45, 7) is 2.20. The number of rotatable bonds is 6. The molecule has 8 heteroatoms. The van der Waals surface area contributed by atoms with Crippen LogP contribution in [0.4, 0.5) is 9.93 Å². The van der Waals surface area contributed by atoms with Crippen LogP contribution in [-0.4, -0.2) is 28.0 Å². The van der Waals surface area contributed by atoms with E-state index in [-0.39, 0.29) is 18.2 Å². The number of benzene rings is 1. The van der Waals surface area contributed by atoms with E-state index in [0.29, 0.717) is 12.4 Å². The molecule has 2 rings (SSSR count). The Labute approximate surface area is 131 Å². The van der Waals surface area contributed by atoms with Crippen LogP contribution in [-0.2, 0) is 27.3 Å². The molecule has 1 heterocycles. The molecule has 0 aliphatic heterocycles. The highest BCUT2D eigenvalue weighted by Crippen LogP contribution is 2.12. The number of nitrogens with one attached hydrogen (secondary N) is 1. The first-order valence-electron chi connectivity index (χ1n) is 6.63. The van der Waals surface area contributed by atoms with Crippen molar-refractivity contribution in [1.82, 2.24) is 9.36 Å². The van der Waals surface area contributed by atoms with Crippen molar-refractivity contribution in [2.75, 3.05) is 11.9 Å². The summed E-state index contributed by atoms with van der Waals surface area (Å²) in [5, 5.41) is 2.74. The van der Waals surface area contributed by atoms with Crippen molar-refractivity contribution in [3.8, 4) is 0 Å². The standard InChI is InChI=1S/C14H15N3O4S/c1-2-20-12(18)8-11-15-13(22-17-11)16-14(19)21-9-10-6-4-3-5-7-10/h3-7H,2,8-9H2,1H3,(H,15,16,17,19). The van der Waals surface area contributed by atoms with Gasteiger partial charge in [-0.2, -0.15) is 4.37 Å². The van der Waals surface area contributed by atoms with E-state index in [1.54, 1.807) is 6.92 Å². The molecule has 0 aliphatic rings. The average Bonchev–Trinajstić information content (AvgIpc) is 2.93. The SMILES string of the molecule is CCOC(=O)Cc1nsc(NC(=O)OCc2ccccc2)n1. The minimum Gasteiger partial charge on any atom is -0.466 e. The van der Waals surface area contributed by atoms with Gasteiger partial charge in [-0.3, -0.25) is 10.1 Å². The van der Waals surface area contributed by atoms with Crippen LogP contribution in [0, 0.1) is 0 Å². The fraction of sp³-hybridized carbons (Fsp3) is 0.286. The normalized spacial score (nSPS) is 10.0. The molecule has 116 valence electrons. The van der Waals surface area contributed by atoms with Crippen LogP contribution < -0.4 is 5.32 Å². The van der Waals surface area contributed by atoms with E-state index in [1.165, 1.54) is 0 Å². The van der Waals surface area contributed by atoms with E-state index in [2.05, 4.69) is 14.7 Å². The third-order valence-corrected chi connectivity index (χ3v) is 3.17. The third-order valence-electron chi connectivity index (χ3n) is 2.50. The third kappa shape index (κ3) is 5.13. The molecule has 7 nitrogen and oxygen atoms in total. The lowest BCUT2D eigenvalue weighted by Gasteiger charge is -2.04. The molecule has 0 bridgehead atoms. The molecule has 1 aromatic heterocycles. The maximum absolute atomic E-state index is 11.6. The Kier molecular flexibility index (Phi) is 5.84. The molecular formula is C14H15N3O4S. The number of anilines is 1. The first-order valence-corrected chi connectivity index (χ1v) is 7.40. The number of ether oxygens (including phenoxy) is 2. The van der Waals surface area contributed by atoms with Crippen molar-refractivity contribution < 1.29 is 19.1 Å². The van der Waals surface area contributed by atoms with Gasteiger partial charge in [-0.25, -0.2) is 9.78 Å². The summed E-state index contributed by atoms with van der Waals surface area (Å²) < 4.78 is 13.8. The maximum Gasteiger partial charge on any atom is 0.413 e. The van der Waals surface area contributed by atoms with Gasteiger partial charge in [0, 0.05) is 11.5 Å². The largest absolute Gasteiger partial charge is 0.466 e. The maximum atomic E-state index is 11.6. The van der Waals surface area contributed by atoms with Crippen molar-refractivity contribution >= 4 is 28.7 Å². The minimum atomic E-state index is -0.623. The van der Waals surface area contributed by atoms with Gasteiger partial charge in [-0.1, -0.05) is 30.3 Å². The van der Waals surface area contributed by atoms with E-state index < -0.39 is 12.1 Å². The van der Waals surface area contributed by atoms with Gasteiger partial charge in [0.25, 0.3) is 0 Å². The number of hydrogen-bond donors (Lipinski definition) is 1. The first kappa shape index (κ1) is 15.9. The zero-order chi connectivity index (χ0) is 15.8. The Morgan fingerprint density at radius 3 is 2.73 bits per heavy atom. The molecule has 1 aromatic carbocycles. The van der Waals surface area contributed by atoms with Crippen molar-refractivity contribution in [3.05, 3.63) is 41.7 Å². The topological polar surface area (TPSA) is 90.4 Å². The van der Waals surface area contributed by atoms with Gasteiger partial charge in [0.15, 0.2) is 5.82 Å². The average molecular weight is 321 g/mol. The molecule has 0 radical (unpaired) electrons. The quantitative estimate of drug-likeness (QED) is 0.822. The van der Waals surface area contributed by atoms with Gasteiger partial charge >= 0.3 is 12.1 Å². The van der Waals surface area contributed by atoms with Gasteiger partial charge < -0.3 is 9.47 Å². The summed E-state index contributed by atoms with van der Waals surface area (Å²) in [6, 6.07) is 9.33. The van der Waals surface area contributed by atoms with Crippen LogP contribution in [0.2, 0.25) is 0 Å². The first-order chi connectivity index (χ1) is 10.7. The summed E-state index contributed by atoms with van der Waals surface area (Å²) in [7, 11) is 0.